The van der Waals surface area contributed by atoms with Crippen LogP contribution in [0, 0.1) is 0 Å². The number of hydrogen-bond donors (Lipinski definition) is 2. The fourth-order valence-electron chi connectivity index (χ4n) is 2.89. The molecule has 0 heterocycles. The van der Waals surface area contributed by atoms with Gasteiger partial charge in [-0.05, 0) is 42.3 Å². The van der Waals surface area contributed by atoms with E-state index in [1.807, 2.05) is 24.3 Å². The van der Waals surface area contributed by atoms with Crippen LogP contribution in [0.5, 0.6) is 5.75 Å². The second-order valence-electron chi connectivity index (χ2n) is 6.62. The van der Waals surface area contributed by atoms with Gasteiger partial charge in [0.2, 0.25) is 17.7 Å². The lowest BCUT2D eigenvalue weighted by Gasteiger charge is -2.21. The second kappa shape index (κ2) is 10.8. The SMILES string of the molecule is COc1ccccc1CCN(CCC(=O)Nc1ccc(NC(C)=O)cc1)C(C)=O. The first-order chi connectivity index (χ1) is 13.9. The number of hydrogen-bond acceptors (Lipinski definition) is 4. The van der Waals surface area contributed by atoms with E-state index in [0.29, 0.717) is 30.9 Å². The van der Waals surface area contributed by atoms with Crippen LogP contribution in [0.1, 0.15) is 25.8 Å². The summed E-state index contributed by atoms with van der Waals surface area (Å²) in [5, 5.41) is 5.47. The summed E-state index contributed by atoms with van der Waals surface area (Å²) in [6, 6.07) is 14.5. The van der Waals surface area contributed by atoms with Gasteiger partial charge >= 0.3 is 0 Å². The molecule has 29 heavy (non-hydrogen) atoms. The predicted molar refractivity (Wildman–Crippen MR) is 113 cm³/mol. The Morgan fingerprint density at radius 2 is 1.52 bits per heavy atom. The van der Waals surface area contributed by atoms with Crippen LogP contribution in [0.25, 0.3) is 0 Å². The summed E-state index contributed by atoms with van der Waals surface area (Å²) < 4.78 is 5.34. The Morgan fingerprint density at radius 3 is 2.10 bits per heavy atom. The van der Waals surface area contributed by atoms with Crippen molar-refractivity contribution in [2.75, 3.05) is 30.8 Å². The van der Waals surface area contributed by atoms with Gasteiger partial charge in [-0.1, -0.05) is 18.2 Å². The minimum Gasteiger partial charge on any atom is -0.496 e. The molecule has 0 fully saturated rings. The maximum Gasteiger partial charge on any atom is 0.226 e. The summed E-state index contributed by atoms with van der Waals surface area (Å²) in [6.45, 7) is 3.78. The van der Waals surface area contributed by atoms with Crippen molar-refractivity contribution in [2.45, 2.75) is 26.7 Å². The predicted octanol–water partition coefficient (Wildman–Crippen LogP) is 3.07. The van der Waals surface area contributed by atoms with Crippen LogP contribution >= 0.6 is 0 Å². The van der Waals surface area contributed by atoms with E-state index < -0.39 is 0 Å². The second-order valence-corrected chi connectivity index (χ2v) is 6.62. The number of methoxy groups -OCH3 is 1. The summed E-state index contributed by atoms with van der Waals surface area (Å²) >= 11 is 0. The molecule has 2 N–H and O–H groups in total. The van der Waals surface area contributed by atoms with Crippen LogP contribution in [0.4, 0.5) is 11.4 Å². The normalized spacial score (nSPS) is 10.2. The highest BCUT2D eigenvalue weighted by Crippen LogP contribution is 2.18. The third-order valence-corrected chi connectivity index (χ3v) is 4.39. The molecule has 0 aliphatic rings. The van der Waals surface area contributed by atoms with Crippen molar-refractivity contribution < 1.29 is 19.1 Å². The average Bonchev–Trinajstić information content (AvgIpc) is 2.69. The van der Waals surface area contributed by atoms with Gasteiger partial charge in [-0.2, -0.15) is 0 Å². The Hall–Kier alpha value is -3.35. The van der Waals surface area contributed by atoms with Gasteiger partial charge in [0.15, 0.2) is 0 Å². The molecule has 3 amide bonds. The monoisotopic (exact) mass is 397 g/mol. The third-order valence-electron chi connectivity index (χ3n) is 4.39. The molecule has 0 bridgehead atoms. The number of nitrogens with one attached hydrogen (secondary N) is 2. The van der Waals surface area contributed by atoms with Crippen LogP contribution in [0.3, 0.4) is 0 Å². The fourth-order valence-corrected chi connectivity index (χ4v) is 2.89. The first-order valence-corrected chi connectivity index (χ1v) is 9.44. The van der Waals surface area contributed by atoms with E-state index in [1.165, 1.54) is 13.8 Å². The molecule has 0 aliphatic heterocycles. The lowest BCUT2D eigenvalue weighted by Crippen LogP contribution is -2.33. The van der Waals surface area contributed by atoms with Crippen molar-refractivity contribution >= 4 is 29.1 Å². The zero-order valence-corrected chi connectivity index (χ0v) is 17.0. The van der Waals surface area contributed by atoms with Crippen molar-refractivity contribution in [3.63, 3.8) is 0 Å². The molecule has 0 saturated heterocycles. The van der Waals surface area contributed by atoms with Crippen LogP contribution in [0.15, 0.2) is 48.5 Å². The lowest BCUT2D eigenvalue weighted by atomic mass is 10.1. The molecule has 2 aromatic carbocycles. The molecule has 0 unspecified atom stereocenters. The number of nitrogens with zero attached hydrogens (tertiary/aromatic N) is 1. The minimum absolute atomic E-state index is 0.0765. The van der Waals surface area contributed by atoms with E-state index in [2.05, 4.69) is 10.6 Å². The van der Waals surface area contributed by atoms with Gasteiger partial charge in [0, 0.05) is 44.7 Å². The fraction of sp³-hybridized carbons (Fsp3) is 0.318. The average molecular weight is 397 g/mol. The number of rotatable bonds is 9. The molecule has 7 heteroatoms. The number of carbonyl (C=O) groups excluding carboxylic acids is 3. The molecule has 7 nitrogen and oxygen atoms in total. The van der Waals surface area contributed by atoms with Gasteiger partial charge in [-0.15, -0.1) is 0 Å². The van der Waals surface area contributed by atoms with Crippen LogP contribution in [-0.4, -0.2) is 42.8 Å². The largest absolute Gasteiger partial charge is 0.496 e. The van der Waals surface area contributed by atoms with E-state index in [4.69, 9.17) is 4.74 Å². The number of benzene rings is 2. The van der Waals surface area contributed by atoms with Crippen molar-refractivity contribution in [3.05, 3.63) is 54.1 Å². The van der Waals surface area contributed by atoms with Crippen molar-refractivity contribution in [1.82, 2.24) is 4.90 Å². The summed E-state index contributed by atoms with van der Waals surface area (Å²) in [7, 11) is 1.62. The number of para-hydroxylation sites is 1. The standard InChI is InChI=1S/C22H27N3O4/c1-16(26)23-19-8-10-20(11-9-19)24-22(28)13-15-25(17(2)27)14-12-18-6-4-5-7-21(18)29-3/h4-11H,12-15H2,1-3H3,(H,23,26)(H,24,28). The Balaban J connectivity index is 1.85. The zero-order chi connectivity index (χ0) is 21.2. The number of carbonyl (C=O) groups is 3. The van der Waals surface area contributed by atoms with E-state index in [1.54, 1.807) is 36.3 Å². The number of ether oxygens (including phenoxy) is 1. The summed E-state index contributed by atoms with van der Waals surface area (Å²) in [5.74, 6) is 0.379. The van der Waals surface area contributed by atoms with E-state index in [-0.39, 0.29) is 24.1 Å². The van der Waals surface area contributed by atoms with E-state index in [9.17, 15) is 14.4 Å². The maximum atomic E-state index is 12.2. The van der Waals surface area contributed by atoms with Crippen molar-refractivity contribution in [2.24, 2.45) is 0 Å². The highest BCUT2D eigenvalue weighted by Gasteiger charge is 2.13. The summed E-state index contributed by atoms with van der Waals surface area (Å²) in [5.41, 5.74) is 2.31. The van der Waals surface area contributed by atoms with Crippen LogP contribution < -0.4 is 15.4 Å². The molecular weight excluding hydrogens is 370 g/mol. The molecule has 0 aliphatic carbocycles. The van der Waals surface area contributed by atoms with E-state index >= 15 is 0 Å². The number of amides is 3. The minimum atomic E-state index is -0.180. The van der Waals surface area contributed by atoms with Gasteiger partial charge in [0.05, 0.1) is 7.11 Å². The first-order valence-electron chi connectivity index (χ1n) is 9.44. The molecule has 154 valence electrons. The summed E-state index contributed by atoms with van der Waals surface area (Å²) in [6.07, 6.45) is 0.842. The van der Waals surface area contributed by atoms with Gasteiger partial charge in [0.1, 0.15) is 5.75 Å². The molecule has 2 aromatic rings. The topological polar surface area (TPSA) is 87.7 Å². The summed E-state index contributed by atoms with van der Waals surface area (Å²) in [4.78, 5) is 36.9. The molecule has 0 radical (unpaired) electrons. The van der Waals surface area contributed by atoms with Crippen molar-refractivity contribution in [1.29, 1.82) is 0 Å². The van der Waals surface area contributed by atoms with Crippen LogP contribution in [0.2, 0.25) is 0 Å². The highest BCUT2D eigenvalue weighted by molar-refractivity contribution is 5.92. The van der Waals surface area contributed by atoms with Gasteiger partial charge in [-0.25, -0.2) is 0 Å². The Morgan fingerprint density at radius 1 is 0.897 bits per heavy atom. The van der Waals surface area contributed by atoms with Gasteiger partial charge < -0.3 is 20.3 Å². The Bertz CT molecular complexity index is 849. The maximum absolute atomic E-state index is 12.2. The molecule has 0 atom stereocenters. The molecule has 0 spiro atoms. The molecule has 0 saturated carbocycles. The van der Waals surface area contributed by atoms with Crippen molar-refractivity contribution in [3.8, 4) is 5.75 Å². The zero-order valence-electron chi connectivity index (χ0n) is 17.0. The molecular formula is C22H27N3O4. The quantitative estimate of drug-likeness (QED) is 0.681. The van der Waals surface area contributed by atoms with E-state index in [0.717, 1.165) is 11.3 Å². The highest BCUT2D eigenvalue weighted by atomic mass is 16.5. The van der Waals surface area contributed by atoms with Gasteiger partial charge in [0.25, 0.3) is 0 Å². The third kappa shape index (κ3) is 7.29. The molecule has 2 rings (SSSR count). The van der Waals surface area contributed by atoms with Gasteiger partial charge in [-0.3, -0.25) is 14.4 Å². The smallest absolute Gasteiger partial charge is 0.226 e. The lowest BCUT2D eigenvalue weighted by molar-refractivity contribution is -0.129. The Kier molecular flexibility index (Phi) is 8.21. The first kappa shape index (κ1) is 21.9. The molecule has 0 aromatic heterocycles. The Labute approximate surface area is 171 Å². The number of anilines is 2. The van der Waals surface area contributed by atoms with Crippen LogP contribution in [-0.2, 0) is 20.8 Å².